The molecule has 0 bridgehead atoms. The maximum atomic E-state index is 13.1. The minimum Gasteiger partial charge on any atom is -0.493 e. The first-order chi connectivity index (χ1) is 17.5. The standard InChI is InChI=1S/C26H30ClN3O6/c27-18-5-8-21-19(15-18)25(32)30-20(6-9-24(31)28-11-2-1-3-13-34-21)26(33)29-12-10-17-4-7-22-23(14-17)36-16-35-22/h4-5,7-8,14-15,20H,1-3,6,9-13,16H2,(H,28,31)(H,29,33)(H,30,32)/t20-/m0/s1. The number of halogens is 1. The Bertz CT molecular complexity index is 1110. The fraction of sp³-hybridized carbons (Fsp3) is 0.423. The van der Waals surface area contributed by atoms with Gasteiger partial charge in [0.25, 0.3) is 5.91 Å². The zero-order chi connectivity index (χ0) is 25.3. The van der Waals surface area contributed by atoms with Crippen LogP contribution in [-0.2, 0) is 16.0 Å². The average Bonchev–Trinajstić information content (AvgIpc) is 3.33. The van der Waals surface area contributed by atoms with Crippen molar-refractivity contribution in [1.82, 2.24) is 16.0 Å². The van der Waals surface area contributed by atoms with Crippen molar-refractivity contribution in [2.75, 3.05) is 26.5 Å². The molecule has 36 heavy (non-hydrogen) atoms. The van der Waals surface area contributed by atoms with E-state index in [4.69, 9.17) is 25.8 Å². The maximum absolute atomic E-state index is 13.1. The summed E-state index contributed by atoms with van der Waals surface area (Å²) >= 11 is 6.13. The first kappa shape index (κ1) is 25.6. The molecule has 2 aliphatic heterocycles. The lowest BCUT2D eigenvalue weighted by atomic mass is 10.1. The van der Waals surface area contributed by atoms with E-state index in [1.807, 2.05) is 18.2 Å². The van der Waals surface area contributed by atoms with E-state index < -0.39 is 11.9 Å². The van der Waals surface area contributed by atoms with Gasteiger partial charge in [-0.1, -0.05) is 17.7 Å². The van der Waals surface area contributed by atoms with Crippen LogP contribution in [0, 0.1) is 0 Å². The molecule has 2 aromatic carbocycles. The fourth-order valence-corrected chi connectivity index (χ4v) is 4.21. The van der Waals surface area contributed by atoms with Gasteiger partial charge in [-0.3, -0.25) is 14.4 Å². The van der Waals surface area contributed by atoms with Crippen LogP contribution in [0.4, 0.5) is 0 Å². The number of hydrogen-bond acceptors (Lipinski definition) is 6. The van der Waals surface area contributed by atoms with E-state index in [1.54, 1.807) is 12.1 Å². The molecule has 2 aromatic rings. The molecule has 2 heterocycles. The summed E-state index contributed by atoms with van der Waals surface area (Å²) in [6.45, 7) is 1.54. The van der Waals surface area contributed by atoms with Crippen molar-refractivity contribution in [2.24, 2.45) is 0 Å². The number of carbonyl (C=O) groups excluding carboxylic acids is 3. The van der Waals surface area contributed by atoms with E-state index in [9.17, 15) is 14.4 Å². The van der Waals surface area contributed by atoms with E-state index in [1.165, 1.54) is 6.07 Å². The maximum Gasteiger partial charge on any atom is 0.255 e. The molecule has 0 spiro atoms. The van der Waals surface area contributed by atoms with E-state index in [0.717, 1.165) is 24.8 Å². The lowest BCUT2D eigenvalue weighted by Crippen LogP contribution is -2.47. The third-order valence-electron chi connectivity index (χ3n) is 6.02. The molecule has 3 N–H and O–H groups in total. The highest BCUT2D eigenvalue weighted by Crippen LogP contribution is 2.32. The van der Waals surface area contributed by atoms with Gasteiger partial charge >= 0.3 is 0 Å². The van der Waals surface area contributed by atoms with Crippen LogP contribution in [-0.4, -0.2) is 50.3 Å². The molecular formula is C26H30ClN3O6. The van der Waals surface area contributed by atoms with Crippen molar-refractivity contribution in [3.8, 4) is 17.2 Å². The second-order valence-corrected chi connectivity index (χ2v) is 9.13. The predicted octanol–water partition coefficient (Wildman–Crippen LogP) is 2.99. The van der Waals surface area contributed by atoms with Crippen LogP contribution in [0.3, 0.4) is 0 Å². The Balaban J connectivity index is 1.43. The van der Waals surface area contributed by atoms with Gasteiger partial charge in [0.05, 0.1) is 12.2 Å². The molecule has 0 saturated heterocycles. The summed E-state index contributed by atoms with van der Waals surface area (Å²) in [5.74, 6) is 0.770. The zero-order valence-electron chi connectivity index (χ0n) is 19.9. The summed E-state index contributed by atoms with van der Waals surface area (Å²) in [5, 5.41) is 8.89. The van der Waals surface area contributed by atoms with Gasteiger partial charge in [-0.05, 0) is 68.0 Å². The normalized spacial score (nSPS) is 18.5. The lowest BCUT2D eigenvalue weighted by molar-refractivity contribution is -0.124. The van der Waals surface area contributed by atoms with Crippen molar-refractivity contribution in [2.45, 2.75) is 44.6 Å². The highest BCUT2D eigenvalue weighted by molar-refractivity contribution is 6.31. The first-order valence-corrected chi connectivity index (χ1v) is 12.5. The summed E-state index contributed by atoms with van der Waals surface area (Å²) in [4.78, 5) is 38.5. The molecule has 4 rings (SSSR count). The van der Waals surface area contributed by atoms with Crippen molar-refractivity contribution in [3.05, 3.63) is 52.5 Å². The zero-order valence-corrected chi connectivity index (χ0v) is 20.7. The van der Waals surface area contributed by atoms with E-state index in [2.05, 4.69) is 16.0 Å². The minimum absolute atomic E-state index is 0.111. The van der Waals surface area contributed by atoms with Crippen LogP contribution >= 0.6 is 11.6 Å². The van der Waals surface area contributed by atoms with Crippen LogP contribution in [0.15, 0.2) is 36.4 Å². The Labute approximate surface area is 214 Å². The SMILES string of the molecule is O=C1CC[C@@H](C(=O)NCCc2ccc3c(c2)OCO3)NC(=O)c2cc(Cl)ccc2OCCCCCN1. The molecule has 0 fully saturated rings. The van der Waals surface area contributed by atoms with E-state index in [-0.39, 0.29) is 37.0 Å². The van der Waals surface area contributed by atoms with Gasteiger partial charge in [0.1, 0.15) is 11.8 Å². The largest absolute Gasteiger partial charge is 0.493 e. The predicted molar refractivity (Wildman–Crippen MR) is 134 cm³/mol. The summed E-state index contributed by atoms with van der Waals surface area (Å²) in [6, 6.07) is 9.55. The molecule has 9 nitrogen and oxygen atoms in total. The molecule has 2 aliphatic rings. The first-order valence-electron chi connectivity index (χ1n) is 12.2. The molecular weight excluding hydrogens is 486 g/mol. The quantitative estimate of drug-likeness (QED) is 0.576. The molecule has 1 atom stereocenters. The summed E-state index contributed by atoms with van der Waals surface area (Å²) < 4.78 is 16.5. The molecule has 0 radical (unpaired) electrons. The number of amides is 3. The van der Waals surface area contributed by atoms with Crippen molar-refractivity contribution in [3.63, 3.8) is 0 Å². The van der Waals surface area contributed by atoms with Crippen LogP contribution in [0.25, 0.3) is 0 Å². The second-order valence-electron chi connectivity index (χ2n) is 8.69. The van der Waals surface area contributed by atoms with Gasteiger partial charge < -0.3 is 30.2 Å². The van der Waals surface area contributed by atoms with Crippen LogP contribution in [0.5, 0.6) is 17.2 Å². The molecule has 3 amide bonds. The number of ether oxygens (including phenoxy) is 3. The van der Waals surface area contributed by atoms with Gasteiger partial charge in [-0.25, -0.2) is 0 Å². The van der Waals surface area contributed by atoms with Crippen LogP contribution < -0.4 is 30.2 Å². The summed E-state index contributed by atoms with van der Waals surface area (Å²) in [7, 11) is 0. The van der Waals surface area contributed by atoms with Gasteiger partial charge in [0.15, 0.2) is 11.5 Å². The van der Waals surface area contributed by atoms with Crippen molar-refractivity contribution < 1.29 is 28.6 Å². The van der Waals surface area contributed by atoms with Gasteiger partial charge in [-0.15, -0.1) is 0 Å². The summed E-state index contributed by atoms with van der Waals surface area (Å²) in [6.07, 6.45) is 3.32. The minimum atomic E-state index is -0.906. The topological polar surface area (TPSA) is 115 Å². The highest BCUT2D eigenvalue weighted by atomic mass is 35.5. The molecule has 0 aliphatic carbocycles. The van der Waals surface area contributed by atoms with Crippen LogP contribution in [0.2, 0.25) is 5.02 Å². The third kappa shape index (κ3) is 7.04. The number of benzene rings is 2. The monoisotopic (exact) mass is 515 g/mol. The molecule has 0 aromatic heterocycles. The molecule has 10 heteroatoms. The van der Waals surface area contributed by atoms with Crippen LogP contribution in [0.1, 0.15) is 48.0 Å². The summed E-state index contributed by atoms with van der Waals surface area (Å²) in [5.41, 5.74) is 1.23. The molecule has 192 valence electrons. The van der Waals surface area contributed by atoms with Gasteiger partial charge in [0.2, 0.25) is 18.6 Å². The fourth-order valence-electron chi connectivity index (χ4n) is 4.04. The third-order valence-corrected chi connectivity index (χ3v) is 6.25. The second kappa shape index (κ2) is 12.5. The Morgan fingerprint density at radius 1 is 1.00 bits per heavy atom. The van der Waals surface area contributed by atoms with Crippen molar-refractivity contribution >= 4 is 29.3 Å². The van der Waals surface area contributed by atoms with Crippen molar-refractivity contribution in [1.29, 1.82) is 0 Å². The Hall–Kier alpha value is -3.46. The number of fused-ring (bicyclic) bond motifs is 2. The number of hydrogen-bond donors (Lipinski definition) is 3. The Kier molecular flexibility index (Phi) is 8.89. The molecule has 0 unspecified atom stereocenters. The Morgan fingerprint density at radius 3 is 2.72 bits per heavy atom. The number of rotatable bonds is 4. The number of nitrogens with one attached hydrogen (secondary N) is 3. The van der Waals surface area contributed by atoms with E-state index >= 15 is 0 Å². The van der Waals surface area contributed by atoms with Gasteiger partial charge in [-0.2, -0.15) is 0 Å². The number of carbonyl (C=O) groups is 3. The van der Waals surface area contributed by atoms with Gasteiger partial charge in [0, 0.05) is 24.5 Å². The van der Waals surface area contributed by atoms with E-state index in [0.29, 0.717) is 48.4 Å². The average molecular weight is 516 g/mol. The molecule has 0 saturated carbocycles. The smallest absolute Gasteiger partial charge is 0.255 e. The lowest BCUT2D eigenvalue weighted by Gasteiger charge is -2.19. The highest BCUT2D eigenvalue weighted by Gasteiger charge is 2.24. The Morgan fingerprint density at radius 2 is 1.83 bits per heavy atom.